The first-order valence-electron chi connectivity index (χ1n) is 3.10. The van der Waals surface area contributed by atoms with Crippen LogP contribution in [-0.2, 0) is 0 Å². The number of nitrogens with zero attached hydrogens (tertiary/aromatic N) is 1. The summed E-state index contributed by atoms with van der Waals surface area (Å²) in [6.45, 7) is 6.13. The Morgan fingerprint density at radius 3 is 3.00 bits per heavy atom. The lowest BCUT2D eigenvalue weighted by Crippen LogP contribution is -2.32. The number of hydrogen-bond acceptors (Lipinski definition) is 3. The van der Waals surface area contributed by atoms with Gasteiger partial charge in [0, 0.05) is 13.1 Å². The van der Waals surface area contributed by atoms with Crippen LogP contribution in [0.3, 0.4) is 0 Å². The number of rotatable bonds is 2. The summed E-state index contributed by atoms with van der Waals surface area (Å²) in [4.78, 5) is 1.91. The molecule has 0 radical (unpaired) electrons. The zero-order valence-electron chi connectivity index (χ0n) is 5.38. The van der Waals surface area contributed by atoms with E-state index in [1.165, 1.54) is 6.08 Å². The Bertz CT molecular complexity index is 99.2. The van der Waals surface area contributed by atoms with Crippen LogP contribution in [0.2, 0.25) is 0 Å². The molecule has 1 atom stereocenters. The smallest absolute Gasteiger partial charge is 0.127 e. The maximum atomic E-state index is 9.13. The molecule has 0 aromatic heterocycles. The molecule has 0 amide bonds. The molecule has 1 heterocycles. The van der Waals surface area contributed by atoms with Gasteiger partial charge < -0.3 is 10.4 Å². The monoisotopic (exact) mass is 128 g/mol. The van der Waals surface area contributed by atoms with E-state index in [0.717, 1.165) is 19.8 Å². The first kappa shape index (κ1) is 6.74. The van der Waals surface area contributed by atoms with Gasteiger partial charge in [0.2, 0.25) is 0 Å². The van der Waals surface area contributed by atoms with Gasteiger partial charge in [-0.1, -0.05) is 6.58 Å². The van der Waals surface area contributed by atoms with Crippen molar-refractivity contribution in [3.63, 3.8) is 0 Å². The molecule has 1 aliphatic rings. The summed E-state index contributed by atoms with van der Waals surface area (Å²) in [5.74, 6) is 0. The SMILES string of the molecule is C=CC(O)N1CCNC1. The molecule has 2 N–H and O–H groups in total. The van der Waals surface area contributed by atoms with Gasteiger partial charge in [0.25, 0.3) is 0 Å². The van der Waals surface area contributed by atoms with Gasteiger partial charge in [0.15, 0.2) is 0 Å². The Labute approximate surface area is 55.0 Å². The molecule has 9 heavy (non-hydrogen) atoms. The van der Waals surface area contributed by atoms with Crippen molar-refractivity contribution in [1.82, 2.24) is 10.2 Å². The zero-order chi connectivity index (χ0) is 6.69. The topological polar surface area (TPSA) is 35.5 Å². The summed E-state index contributed by atoms with van der Waals surface area (Å²) in [5, 5.41) is 12.2. The number of hydrogen-bond donors (Lipinski definition) is 2. The highest BCUT2D eigenvalue weighted by Crippen LogP contribution is 1.98. The zero-order valence-corrected chi connectivity index (χ0v) is 5.38. The van der Waals surface area contributed by atoms with E-state index in [0.29, 0.717) is 0 Å². The second-order valence-electron chi connectivity index (χ2n) is 2.12. The molecule has 1 rings (SSSR count). The largest absolute Gasteiger partial charge is 0.375 e. The summed E-state index contributed by atoms with van der Waals surface area (Å²) in [5.41, 5.74) is 0. The molecular weight excluding hydrogens is 116 g/mol. The molecule has 0 aromatic rings. The van der Waals surface area contributed by atoms with E-state index in [9.17, 15) is 0 Å². The average molecular weight is 128 g/mol. The standard InChI is InChI=1S/C6H12N2O/c1-2-6(9)8-4-3-7-5-8/h2,6-7,9H,1,3-5H2. The van der Waals surface area contributed by atoms with E-state index in [4.69, 9.17) is 5.11 Å². The Balaban J connectivity index is 2.32. The third-order valence-electron chi connectivity index (χ3n) is 1.48. The fraction of sp³-hybridized carbons (Fsp3) is 0.667. The summed E-state index contributed by atoms with van der Waals surface area (Å²) in [6, 6.07) is 0. The van der Waals surface area contributed by atoms with Crippen molar-refractivity contribution < 1.29 is 5.11 Å². The van der Waals surface area contributed by atoms with E-state index in [2.05, 4.69) is 11.9 Å². The molecule has 1 saturated heterocycles. The minimum atomic E-state index is -0.472. The molecule has 1 fully saturated rings. The fourth-order valence-corrected chi connectivity index (χ4v) is 0.899. The van der Waals surface area contributed by atoms with E-state index < -0.39 is 6.23 Å². The van der Waals surface area contributed by atoms with E-state index in [1.807, 2.05) is 4.90 Å². The average Bonchev–Trinajstić information content (AvgIpc) is 2.37. The molecule has 0 spiro atoms. The summed E-state index contributed by atoms with van der Waals surface area (Å²) in [6.07, 6.45) is 1.06. The van der Waals surface area contributed by atoms with Crippen LogP contribution in [0.4, 0.5) is 0 Å². The Morgan fingerprint density at radius 1 is 1.78 bits per heavy atom. The van der Waals surface area contributed by atoms with Gasteiger partial charge in [0.1, 0.15) is 6.23 Å². The van der Waals surface area contributed by atoms with Gasteiger partial charge in [-0.25, -0.2) is 0 Å². The normalized spacial score (nSPS) is 24.1. The number of nitrogens with one attached hydrogen (secondary N) is 1. The lowest BCUT2D eigenvalue weighted by molar-refractivity contribution is 0.0607. The summed E-state index contributed by atoms with van der Waals surface area (Å²) in [7, 11) is 0. The molecule has 3 nitrogen and oxygen atoms in total. The van der Waals surface area contributed by atoms with Crippen LogP contribution in [0.1, 0.15) is 0 Å². The third-order valence-corrected chi connectivity index (χ3v) is 1.48. The van der Waals surface area contributed by atoms with Crippen molar-refractivity contribution in [2.45, 2.75) is 6.23 Å². The highest BCUT2D eigenvalue weighted by atomic mass is 16.3. The maximum Gasteiger partial charge on any atom is 0.127 e. The predicted molar refractivity (Wildman–Crippen MR) is 35.8 cm³/mol. The minimum Gasteiger partial charge on any atom is -0.375 e. The lowest BCUT2D eigenvalue weighted by Gasteiger charge is -2.17. The summed E-state index contributed by atoms with van der Waals surface area (Å²) < 4.78 is 0. The molecule has 3 heteroatoms. The van der Waals surface area contributed by atoms with Crippen molar-refractivity contribution in [3.8, 4) is 0 Å². The highest BCUT2D eigenvalue weighted by Gasteiger charge is 2.15. The van der Waals surface area contributed by atoms with Crippen LogP contribution in [0.5, 0.6) is 0 Å². The lowest BCUT2D eigenvalue weighted by atomic mass is 10.5. The Hall–Kier alpha value is -0.380. The first-order chi connectivity index (χ1) is 4.34. The van der Waals surface area contributed by atoms with Gasteiger partial charge >= 0.3 is 0 Å². The van der Waals surface area contributed by atoms with Gasteiger partial charge in [0.05, 0.1) is 6.67 Å². The van der Waals surface area contributed by atoms with Crippen molar-refractivity contribution in [1.29, 1.82) is 0 Å². The molecule has 0 aliphatic carbocycles. The molecule has 52 valence electrons. The van der Waals surface area contributed by atoms with Crippen molar-refractivity contribution in [2.75, 3.05) is 19.8 Å². The van der Waals surface area contributed by atoms with Crippen LogP contribution < -0.4 is 5.32 Å². The van der Waals surface area contributed by atoms with Crippen LogP contribution in [0, 0.1) is 0 Å². The third kappa shape index (κ3) is 1.51. The minimum absolute atomic E-state index is 0.472. The Kier molecular flexibility index (Phi) is 2.22. The van der Waals surface area contributed by atoms with E-state index in [1.54, 1.807) is 0 Å². The maximum absolute atomic E-state index is 9.13. The van der Waals surface area contributed by atoms with E-state index in [-0.39, 0.29) is 0 Å². The second-order valence-corrected chi connectivity index (χ2v) is 2.12. The van der Waals surface area contributed by atoms with Gasteiger partial charge in [-0.3, -0.25) is 4.90 Å². The second kappa shape index (κ2) is 2.96. The van der Waals surface area contributed by atoms with Crippen LogP contribution in [0.15, 0.2) is 12.7 Å². The molecule has 1 aliphatic heterocycles. The van der Waals surface area contributed by atoms with Crippen molar-refractivity contribution in [3.05, 3.63) is 12.7 Å². The summed E-state index contributed by atoms with van der Waals surface area (Å²) >= 11 is 0. The molecule has 1 unspecified atom stereocenters. The van der Waals surface area contributed by atoms with Crippen LogP contribution in [0.25, 0.3) is 0 Å². The number of aliphatic hydroxyl groups excluding tert-OH is 1. The quantitative estimate of drug-likeness (QED) is 0.485. The van der Waals surface area contributed by atoms with E-state index >= 15 is 0 Å². The predicted octanol–water partition coefficient (Wildman–Crippen LogP) is -0.647. The van der Waals surface area contributed by atoms with Gasteiger partial charge in [-0.05, 0) is 6.08 Å². The highest BCUT2D eigenvalue weighted by molar-refractivity contribution is 4.81. The van der Waals surface area contributed by atoms with Gasteiger partial charge in [-0.15, -0.1) is 0 Å². The molecule has 0 bridgehead atoms. The molecule has 0 saturated carbocycles. The first-order valence-corrected chi connectivity index (χ1v) is 3.10. The van der Waals surface area contributed by atoms with Crippen LogP contribution in [-0.4, -0.2) is 36.0 Å². The molecule has 0 aromatic carbocycles. The van der Waals surface area contributed by atoms with Gasteiger partial charge in [-0.2, -0.15) is 0 Å². The Morgan fingerprint density at radius 2 is 2.56 bits per heavy atom. The van der Waals surface area contributed by atoms with Crippen molar-refractivity contribution in [2.24, 2.45) is 0 Å². The fourth-order valence-electron chi connectivity index (χ4n) is 0.899. The van der Waals surface area contributed by atoms with Crippen molar-refractivity contribution >= 4 is 0 Å². The van der Waals surface area contributed by atoms with Crippen LogP contribution >= 0.6 is 0 Å². The number of aliphatic hydroxyl groups is 1. The molecular formula is C6H12N2O.